The summed E-state index contributed by atoms with van der Waals surface area (Å²) in [6, 6.07) is 4.78. The predicted octanol–water partition coefficient (Wildman–Crippen LogP) is 6.25. The fourth-order valence-electron chi connectivity index (χ4n) is 6.97. The number of phenolic OH excluding ortho intramolecular Hbond substituents is 6. The first kappa shape index (κ1) is 23.6. The van der Waals surface area contributed by atoms with Crippen molar-refractivity contribution in [1.82, 2.24) is 0 Å². The lowest BCUT2D eigenvalue weighted by Crippen LogP contribution is -2.09. The molecule has 10 heteroatoms. The molecule has 0 fully saturated rings. The Kier molecular flexibility index (Phi) is 4.28. The van der Waals surface area contributed by atoms with Crippen LogP contribution in [-0.2, 0) is 10.7 Å². The maximum atomic E-state index is 13.6. The molecule has 0 aromatic heterocycles. The second-order valence-corrected chi connectivity index (χ2v) is 11.2. The molecule has 0 heterocycles. The summed E-state index contributed by atoms with van der Waals surface area (Å²) in [6.45, 7) is 0. The Morgan fingerprint density at radius 1 is 0.400 bits per heavy atom. The summed E-state index contributed by atoms with van der Waals surface area (Å²) in [5, 5.41) is 70.4. The standard InChI is InChI=1S/C30H14Br2O8/c31-5-7-1-9(33)19-23-15(7)16-8(6-32)2-10(34)20-24(16)28-26-18(12(36)4-14(38)22(26)30(20)40)17-11(35)3-13(37)21(29(19)39)25(17)27(23)28/h1-4,35-40H,5-6H2. The van der Waals surface area contributed by atoms with Gasteiger partial charge in [0.05, 0.1) is 21.5 Å². The molecule has 6 N–H and O–H groups in total. The quantitative estimate of drug-likeness (QED) is 0.0721. The van der Waals surface area contributed by atoms with Crippen LogP contribution in [0.2, 0.25) is 0 Å². The SMILES string of the molecule is O=c1cc(CBr)c2c3c(CBr)cc(=O)c4c(O)c5c(O)cc(O)c6c7c(O)cc(O)c8c(O)c1c2c(c87)c(c56)c43. The minimum absolute atomic E-state index is 0.0406. The van der Waals surface area contributed by atoms with Crippen molar-refractivity contribution in [3.8, 4) is 34.5 Å². The molecule has 0 saturated heterocycles. The zero-order valence-corrected chi connectivity index (χ0v) is 23.2. The van der Waals surface area contributed by atoms with Crippen LogP contribution in [0.1, 0.15) is 11.1 Å². The molecule has 0 spiro atoms. The van der Waals surface area contributed by atoms with Crippen molar-refractivity contribution in [2.75, 3.05) is 0 Å². The first-order chi connectivity index (χ1) is 19.1. The maximum Gasteiger partial charge on any atom is 0.190 e. The minimum atomic E-state index is -0.502. The number of aromatic hydroxyl groups is 6. The van der Waals surface area contributed by atoms with E-state index in [4.69, 9.17) is 0 Å². The summed E-state index contributed by atoms with van der Waals surface area (Å²) in [5.41, 5.74) is 0.127. The molecule has 196 valence electrons. The Morgan fingerprint density at radius 3 is 1.05 bits per heavy atom. The van der Waals surface area contributed by atoms with Gasteiger partial charge in [0.2, 0.25) is 0 Å². The van der Waals surface area contributed by atoms with Gasteiger partial charge in [-0.05, 0) is 34.0 Å². The monoisotopic (exact) mass is 660 g/mol. The van der Waals surface area contributed by atoms with Crippen LogP contribution >= 0.6 is 31.9 Å². The van der Waals surface area contributed by atoms with Crippen molar-refractivity contribution in [2.24, 2.45) is 0 Å². The molecule has 0 bridgehead atoms. The lowest BCUT2D eigenvalue weighted by atomic mass is 9.78. The molecule has 0 aliphatic heterocycles. The van der Waals surface area contributed by atoms with Gasteiger partial charge >= 0.3 is 0 Å². The smallest absolute Gasteiger partial charge is 0.190 e. The molecule has 0 unspecified atom stereocenters. The summed E-state index contributed by atoms with van der Waals surface area (Å²) in [4.78, 5) is 27.1. The van der Waals surface area contributed by atoms with Crippen LogP contribution < -0.4 is 10.9 Å². The molecule has 8 nitrogen and oxygen atoms in total. The number of benzene rings is 8. The van der Waals surface area contributed by atoms with Gasteiger partial charge in [-0.15, -0.1) is 0 Å². The van der Waals surface area contributed by atoms with Gasteiger partial charge in [0.15, 0.2) is 10.9 Å². The number of halogens is 2. The molecule has 0 saturated carbocycles. The number of alkyl halides is 2. The van der Waals surface area contributed by atoms with E-state index in [2.05, 4.69) is 31.9 Å². The van der Waals surface area contributed by atoms with Gasteiger partial charge < -0.3 is 30.6 Å². The highest BCUT2D eigenvalue weighted by Crippen LogP contribution is 2.60. The van der Waals surface area contributed by atoms with E-state index in [1.165, 1.54) is 12.1 Å². The first-order valence-electron chi connectivity index (χ1n) is 12.1. The van der Waals surface area contributed by atoms with E-state index in [1.807, 2.05) is 0 Å². The second kappa shape index (κ2) is 7.26. The molecular weight excluding hydrogens is 648 g/mol. The van der Waals surface area contributed by atoms with E-state index in [1.54, 1.807) is 0 Å². The van der Waals surface area contributed by atoms with Crippen LogP contribution in [0, 0.1) is 0 Å². The van der Waals surface area contributed by atoms with Crippen LogP contribution in [0.4, 0.5) is 0 Å². The fourth-order valence-corrected chi connectivity index (χ4v) is 7.85. The van der Waals surface area contributed by atoms with Crippen molar-refractivity contribution in [3.05, 3.63) is 55.8 Å². The molecular formula is C30H14Br2O8. The van der Waals surface area contributed by atoms with Gasteiger partial charge in [0.25, 0.3) is 0 Å². The highest BCUT2D eigenvalue weighted by molar-refractivity contribution is 9.08. The molecule has 0 aliphatic rings. The van der Waals surface area contributed by atoms with Crippen molar-refractivity contribution < 1.29 is 30.6 Å². The molecule has 8 aromatic carbocycles. The highest BCUT2D eigenvalue weighted by Gasteiger charge is 2.33. The van der Waals surface area contributed by atoms with E-state index in [0.717, 1.165) is 12.1 Å². The first-order valence-corrected chi connectivity index (χ1v) is 14.3. The number of rotatable bonds is 2. The predicted molar refractivity (Wildman–Crippen MR) is 162 cm³/mol. The van der Waals surface area contributed by atoms with Crippen LogP contribution in [0.15, 0.2) is 33.9 Å². The Bertz CT molecular complexity index is 2380. The fraction of sp³-hybridized carbons (Fsp3) is 0.0667. The van der Waals surface area contributed by atoms with Crippen LogP contribution in [0.25, 0.3) is 75.4 Å². The van der Waals surface area contributed by atoms with Crippen molar-refractivity contribution in [1.29, 1.82) is 0 Å². The van der Waals surface area contributed by atoms with Crippen LogP contribution in [0.3, 0.4) is 0 Å². The molecule has 40 heavy (non-hydrogen) atoms. The Hall–Kier alpha value is -4.28. The van der Waals surface area contributed by atoms with Gasteiger partial charge in [-0.1, -0.05) is 31.9 Å². The summed E-state index contributed by atoms with van der Waals surface area (Å²) >= 11 is 6.94. The third-order valence-electron chi connectivity index (χ3n) is 8.30. The van der Waals surface area contributed by atoms with Crippen molar-refractivity contribution in [2.45, 2.75) is 10.7 Å². The van der Waals surface area contributed by atoms with Gasteiger partial charge in [0.1, 0.15) is 34.5 Å². The molecule has 0 radical (unpaired) electrons. The average molecular weight is 662 g/mol. The zero-order chi connectivity index (χ0) is 28.1. The maximum absolute atomic E-state index is 13.6. The molecule has 8 aromatic rings. The van der Waals surface area contributed by atoms with E-state index in [0.29, 0.717) is 43.4 Å². The summed E-state index contributed by atoms with van der Waals surface area (Å²) in [7, 11) is 0. The third kappa shape index (κ3) is 2.36. The van der Waals surface area contributed by atoms with Crippen LogP contribution in [0.5, 0.6) is 34.5 Å². The van der Waals surface area contributed by atoms with Crippen molar-refractivity contribution >= 4 is 107 Å². The molecule has 0 atom stereocenters. The Labute approximate surface area is 238 Å². The van der Waals surface area contributed by atoms with E-state index in [-0.39, 0.29) is 53.7 Å². The number of phenols is 6. The van der Waals surface area contributed by atoms with Crippen LogP contribution in [-0.4, -0.2) is 30.6 Å². The molecule has 8 rings (SSSR count). The van der Waals surface area contributed by atoms with Gasteiger partial charge in [0, 0.05) is 65.9 Å². The van der Waals surface area contributed by atoms with Crippen molar-refractivity contribution in [3.63, 3.8) is 0 Å². The largest absolute Gasteiger partial charge is 0.507 e. The second-order valence-electron chi connectivity index (χ2n) is 10.1. The zero-order valence-electron chi connectivity index (χ0n) is 20.0. The highest BCUT2D eigenvalue weighted by atomic mass is 79.9. The topological polar surface area (TPSA) is 156 Å². The van der Waals surface area contributed by atoms with Gasteiger partial charge in [-0.2, -0.15) is 0 Å². The lowest BCUT2D eigenvalue weighted by Gasteiger charge is -2.26. The number of hydrogen-bond donors (Lipinski definition) is 6. The molecule has 0 aliphatic carbocycles. The normalized spacial score (nSPS) is 12.8. The van der Waals surface area contributed by atoms with E-state index in [9.17, 15) is 40.2 Å². The van der Waals surface area contributed by atoms with Gasteiger partial charge in [-0.3, -0.25) is 9.59 Å². The lowest BCUT2D eigenvalue weighted by molar-refractivity contribution is 0.450. The number of hydrogen-bond acceptors (Lipinski definition) is 8. The number of fused-ring (bicyclic) bond motifs is 2. The summed E-state index contributed by atoms with van der Waals surface area (Å²) < 4.78 is 0. The summed E-state index contributed by atoms with van der Waals surface area (Å²) in [6.07, 6.45) is 0. The van der Waals surface area contributed by atoms with E-state index < -0.39 is 45.4 Å². The van der Waals surface area contributed by atoms with Gasteiger partial charge in [-0.25, -0.2) is 0 Å². The minimum Gasteiger partial charge on any atom is -0.507 e. The third-order valence-corrected chi connectivity index (χ3v) is 9.51. The Morgan fingerprint density at radius 2 is 0.700 bits per heavy atom. The molecule has 0 amide bonds. The summed E-state index contributed by atoms with van der Waals surface area (Å²) in [5.74, 6) is -2.82. The Balaban J connectivity index is 2.02. The average Bonchev–Trinajstić information content (AvgIpc) is 2.90. The van der Waals surface area contributed by atoms with E-state index >= 15 is 0 Å².